The van der Waals surface area contributed by atoms with E-state index in [-0.39, 0.29) is 5.56 Å². The number of hydrogen-bond acceptors (Lipinski definition) is 3. The summed E-state index contributed by atoms with van der Waals surface area (Å²) in [6.45, 7) is 11.6. The average Bonchev–Trinajstić information content (AvgIpc) is 3.14. The van der Waals surface area contributed by atoms with Crippen molar-refractivity contribution in [3.63, 3.8) is 0 Å². The van der Waals surface area contributed by atoms with Gasteiger partial charge in [-0.2, -0.15) is 0 Å². The molecule has 2 heterocycles. The number of fused-ring (bicyclic) bond motifs is 4. The molecule has 0 aliphatic carbocycles. The third-order valence-corrected chi connectivity index (χ3v) is 15.9. The van der Waals surface area contributed by atoms with E-state index in [1.54, 1.807) is 31.2 Å². The van der Waals surface area contributed by atoms with Crippen molar-refractivity contribution < 1.29 is 21.8 Å². The number of hydrogen-bond donors (Lipinski definition) is 0. The van der Waals surface area contributed by atoms with Crippen molar-refractivity contribution in [2.75, 3.05) is 0 Å². The highest BCUT2D eigenvalue weighted by molar-refractivity contribution is 6.89. The van der Waals surface area contributed by atoms with Gasteiger partial charge in [0, 0.05) is 46.3 Å². The normalized spacial score (nSPS) is 20.1. The second-order valence-electron chi connectivity index (χ2n) is 15.4. The van der Waals surface area contributed by atoms with Gasteiger partial charge in [-0.3, -0.25) is 0 Å². The molecule has 6 aromatic carbocycles. The lowest BCUT2D eigenvalue weighted by Gasteiger charge is -2.37. The molecule has 0 amide bonds. The van der Waals surface area contributed by atoms with Gasteiger partial charge in [0.1, 0.15) is 23.0 Å². The smallest absolute Gasteiger partial charge is 0.280 e. The SMILES string of the molecule is [2H]C([2H])([2H])c1c(-c2ccc(C)c(-c3cccc4c3O[Si](C)(C)c3ccccc3O[Si]4(C)C)c2C)ccc(C)c1-c1cccc2c1Oc1ccccc1C2(C)C([2H])([2H])[2H]. The fourth-order valence-corrected chi connectivity index (χ4v) is 12.6. The van der Waals surface area contributed by atoms with Crippen LogP contribution in [0.3, 0.4) is 0 Å². The Labute approximate surface area is 319 Å². The van der Waals surface area contributed by atoms with Crippen LogP contribution in [0.1, 0.15) is 55.4 Å². The van der Waals surface area contributed by atoms with Crippen LogP contribution in [0.5, 0.6) is 23.0 Å². The number of ether oxygens (including phenoxy) is 1. The maximum absolute atomic E-state index is 9.11. The van der Waals surface area contributed by atoms with Crippen LogP contribution in [0.4, 0.5) is 0 Å². The summed E-state index contributed by atoms with van der Waals surface area (Å²) in [5, 5.41) is 2.19. The van der Waals surface area contributed by atoms with Crippen LogP contribution in [0, 0.1) is 27.6 Å². The minimum Gasteiger partial charge on any atom is -0.539 e. The average molecular weight is 723 g/mol. The monoisotopic (exact) mass is 722 g/mol. The van der Waals surface area contributed by atoms with E-state index >= 15 is 0 Å². The van der Waals surface area contributed by atoms with Crippen LogP contribution in [0.25, 0.3) is 33.4 Å². The van der Waals surface area contributed by atoms with Crippen molar-refractivity contribution in [3.05, 3.63) is 143 Å². The molecule has 1 atom stereocenters. The lowest BCUT2D eigenvalue weighted by Crippen LogP contribution is -2.57. The van der Waals surface area contributed by atoms with Gasteiger partial charge in [-0.25, -0.2) is 0 Å². The molecule has 0 saturated carbocycles. The summed E-state index contributed by atoms with van der Waals surface area (Å²) in [7, 11) is -5.10. The van der Waals surface area contributed by atoms with E-state index in [1.165, 1.54) is 0 Å². The molecule has 6 aromatic rings. The van der Waals surface area contributed by atoms with Crippen molar-refractivity contribution in [2.24, 2.45) is 0 Å². The molecule has 3 nitrogen and oxygen atoms in total. The highest BCUT2D eigenvalue weighted by Gasteiger charge is 2.41. The van der Waals surface area contributed by atoms with Crippen LogP contribution >= 0.6 is 0 Å². The highest BCUT2D eigenvalue weighted by atomic mass is 28.4. The lowest BCUT2D eigenvalue weighted by molar-refractivity contribution is 0.419. The van der Waals surface area contributed by atoms with Gasteiger partial charge in [0.25, 0.3) is 16.6 Å². The predicted molar refractivity (Wildman–Crippen MR) is 222 cm³/mol. The zero-order valence-corrected chi connectivity index (χ0v) is 33.1. The molecule has 0 radical (unpaired) electrons. The number of aryl methyl sites for hydroxylation is 2. The molecule has 0 N–H and O–H groups in total. The second kappa shape index (κ2) is 12.1. The van der Waals surface area contributed by atoms with Crippen molar-refractivity contribution in [2.45, 2.75) is 73.0 Å². The van der Waals surface area contributed by atoms with Gasteiger partial charge in [-0.05, 0) is 110 Å². The predicted octanol–water partition coefficient (Wildman–Crippen LogP) is 11.6. The Kier molecular flexibility index (Phi) is 6.46. The summed E-state index contributed by atoms with van der Waals surface area (Å²) < 4.78 is 74.4. The summed E-state index contributed by atoms with van der Waals surface area (Å²) >= 11 is 0. The maximum Gasteiger partial charge on any atom is 0.280 e. The first-order valence-electron chi connectivity index (χ1n) is 20.9. The molecule has 1 unspecified atom stereocenters. The van der Waals surface area contributed by atoms with E-state index in [1.807, 2.05) is 55.5 Å². The van der Waals surface area contributed by atoms with Crippen LogP contribution in [-0.2, 0) is 5.41 Å². The van der Waals surface area contributed by atoms with E-state index in [0.717, 1.165) is 55.3 Å². The summed E-state index contributed by atoms with van der Waals surface area (Å²) in [6, 6.07) is 35.1. The van der Waals surface area contributed by atoms with Gasteiger partial charge >= 0.3 is 0 Å². The van der Waals surface area contributed by atoms with Gasteiger partial charge in [-0.1, -0.05) is 111 Å². The van der Waals surface area contributed by atoms with E-state index in [4.69, 9.17) is 21.8 Å². The van der Waals surface area contributed by atoms with E-state index < -0.39 is 35.8 Å². The Morgan fingerprint density at radius 3 is 1.79 bits per heavy atom. The number of benzene rings is 6. The molecule has 52 heavy (non-hydrogen) atoms. The van der Waals surface area contributed by atoms with Crippen LogP contribution < -0.4 is 24.0 Å². The molecule has 2 aliphatic rings. The van der Waals surface area contributed by atoms with Gasteiger partial charge in [0.05, 0.1) is 0 Å². The quantitative estimate of drug-likeness (QED) is 0.170. The minimum atomic E-state index is -2.56. The fourth-order valence-electron chi connectivity index (χ4n) is 8.30. The Hall–Kier alpha value is -4.85. The third kappa shape index (κ3) is 5.28. The number of rotatable bonds is 3. The Morgan fingerprint density at radius 1 is 0.519 bits per heavy atom. The van der Waals surface area contributed by atoms with E-state index in [9.17, 15) is 0 Å². The van der Waals surface area contributed by atoms with E-state index in [0.29, 0.717) is 39.3 Å². The Balaban J connectivity index is 1.36. The third-order valence-electron chi connectivity index (χ3n) is 11.0. The first-order chi connectivity index (χ1) is 27.2. The molecule has 262 valence electrons. The molecule has 5 heteroatoms. The summed E-state index contributed by atoms with van der Waals surface area (Å²) in [6.07, 6.45) is 0. The van der Waals surface area contributed by atoms with Crippen molar-refractivity contribution in [3.8, 4) is 56.4 Å². The van der Waals surface area contributed by atoms with Gasteiger partial charge in [-0.15, -0.1) is 0 Å². The molecule has 0 saturated heterocycles. The van der Waals surface area contributed by atoms with Crippen molar-refractivity contribution in [1.29, 1.82) is 0 Å². The zero-order valence-electron chi connectivity index (χ0n) is 37.1. The summed E-state index contributed by atoms with van der Waals surface area (Å²) in [5.74, 6) is 2.52. The van der Waals surface area contributed by atoms with Crippen LogP contribution in [0.15, 0.2) is 109 Å². The summed E-state index contributed by atoms with van der Waals surface area (Å²) in [5.41, 5.74) is 6.89. The standard InChI is InChI=1S/C47H48O3Si2/c1-29-25-27-33(31(3)43(29)35-17-15-20-38-45(35)48-39-21-12-11-19-37(39)47(38,5)6)34-28-26-30(2)44(32(34)4)36-18-16-24-42-46(36)50-51(7,8)41-23-14-13-22-40(41)49-52(42,9)10/h11-28H,1-10H3/i3D3,5D3. The number of para-hydroxylation sites is 4. The van der Waals surface area contributed by atoms with Crippen LogP contribution in [0.2, 0.25) is 26.2 Å². The molecule has 8 rings (SSSR count). The molecular weight excluding hydrogens is 669 g/mol. The zero-order chi connectivity index (χ0) is 41.7. The van der Waals surface area contributed by atoms with Gasteiger partial charge < -0.3 is 13.6 Å². The molecular formula is C47H48O3Si2. The topological polar surface area (TPSA) is 27.7 Å². The Morgan fingerprint density at radius 2 is 1.08 bits per heavy atom. The molecule has 0 aromatic heterocycles. The van der Waals surface area contributed by atoms with Gasteiger partial charge in [0.2, 0.25) is 0 Å². The first kappa shape index (κ1) is 27.8. The summed E-state index contributed by atoms with van der Waals surface area (Å²) in [4.78, 5) is 0. The molecule has 0 fully saturated rings. The first-order valence-corrected chi connectivity index (χ1v) is 23.8. The van der Waals surface area contributed by atoms with E-state index in [2.05, 4.69) is 76.4 Å². The van der Waals surface area contributed by atoms with Crippen molar-refractivity contribution >= 4 is 27.0 Å². The maximum atomic E-state index is 9.11. The highest BCUT2D eigenvalue weighted by Crippen LogP contribution is 2.52. The molecule has 2 aliphatic heterocycles. The second-order valence-corrected chi connectivity index (χ2v) is 22.9. The fraction of sp³-hybridized carbons (Fsp3) is 0.234. The molecule has 0 bridgehead atoms. The lowest BCUT2D eigenvalue weighted by atomic mass is 9.74. The largest absolute Gasteiger partial charge is 0.539 e. The van der Waals surface area contributed by atoms with Gasteiger partial charge in [0.15, 0.2) is 0 Å². The van der Waals surface area contributed by atoms with Crippen molar-refractivity contribution in [1.82, 2.24) is 0 Å². The minimum absolute atomic E-state index is 0.184. The molecule has 0 spiro atoms. The van der Waals surface area contributed by atoms with Crippen LogP contribution in [-0.4, -0.2) is 16.6 Å². The Bertz CT molecular complexity index is 2650.